The largest absolute Gasteiger partial charge is 0.338 e. The topological polar surface area (TPSA) is 81.8 Å². The number of rotatable bonds is 4. The Bertz CT molecular complexity index is 806. The average Bonchev–Trinajstić information content (AvgIpc) is 2.99. The highest BCUT2D eigenvalue weighted by Crippen LogP contribution is 2.22. The standard InChI is InChI=1S/C19H26N4O2/c1-12(2)16-7-6-15(18(24)21-16)19(25)23-8-4-5-14(11-23)9-17-13(3)10-20-22-17/h6-7,10,12,14H,4-5,8-9,11H2,1-3H3,(H,20,22)(H,21,24). The smallest absolute Gasteiger partial charge is 0.261 e. The molecule has 0 spiro atoms. The monoisotopic (exact) mass is 342 g/mol. The Morgan fingerprint density at radius 3 is 2.84 bits per heavy atom. The van der Waals surface area contributed by atoms with Gasteiger partial charge in [-0.2, -0.15) is 5.10 Å². The Balaban J connectivity index is 1.72. The van der Waals surface area contributed by atoms with E-state index in [1.54, 1.807) is 6.07 Å². The van der Waals surface area contributed by atoms with Crippen molar-refractivity contribution in [2.75, 3.05) is 13.1 Å². The van der Waals surface area contributed by atoms with E-state index < -0.39 is 0 Å². The van der Waals surface area contributed by atoms with Gasteiger partial charge in [-0.25, -0.2) is 0 Å². The lowest BCUT2D eigenvalue weighted by atomic mass is 9.92. The highest BCUT2D eigenvalue weighted by molar-refractivity contribution is 5.93. The van der Waals surface area contributed by atoms with E-state index in [0.717, 1.165) is 36.2 Å². The fraction of sp³-hybridized carbons (Fsp3) is 0.526. The molecule has 0 radical (unpaired) electrons. The summed E-state index contributed by atoms with van der Waals surface area (Å²) in [5.41, 5.74) is 3.10. The lowest BCUT2D eigenvalue weighted by molar-refractivity contribution is 0.0671. The summed E-state index contributed by atoms with van der Waals surface area (Å²) in [6.07, 6.45) is 4.77. The molecule has 0 aromatic carbocycles. The molecule has 1 amide bonds. The predicted molar refractivity (Wildman–Crippen MR) is 96.8 cm³/mol. The van der Waals surface area contributed by atoms with Crippen molar-refractivity contribution in [3.05, 3.63) is 51.2 Å². The van der Waals surface area contributed by atoms with Gasteiger partial charge in [-0.05, 0) is 55.7 Å². The summed E-state index contributed by atoms with van der Waals surface area (Å²) in [7, 11) is 0. The summed E-state index contributed by atoms with van der Waals surface area (Å²) in [5, 5.41) is 7.12. The van der Waals surface area contributed by atoms with Crippen LogP contribution in [-0.2, 0) is 6.42 Å². The molecule has 1 unspecified atom stereocenters. The van der Waals surface area contributed by atoms with Gasteiger partial charge in [-0.3, -0.25) is 14.7 Å². The van der Waals surface area contributed by atoms with Crippen LogP contribution >= 0.6 is 0 Å². The third kappa shape index (κ3) is 3.83. The number of carbonyl (C=O) groups excluding carboxylic acids is 1. The second-order valence-corrected chi connectivity index (χ2v) is 7.31. The molecular formula is C19H26N4O2. The highest BCUT2D eigenvalue weighted by atomic mass is 16.2. The van der Waals surface area contributed by atoms with Crippen LogP contribution in [0, 0.1) is 12.8 Å². The normalized spacial score (nSPS) is 17.9. The predicted octanol–water partition coefficient (Wildman–Crippen LogP) is 2.62. The number of amides is 1. The van der Waals surface area contributed by atoms with Crippen molar-refractivity contribution in [1.82, 2.24) is 20.1 Å². The van der Waals surface area contributed by atoms with Crippen molar-refractivity contribution in [3.63, 3.8) is 0 Å². The number of aromatic amines is 2. The first-order valence-corrected chi connectivity index (χ1v) is 8.97. The fourth-order valence-corrected chi connectivity index (χ4v) is 3.45. The van der Waals surface area contributed by atoms with Crippen molar-refractivity contribution in [3.8, 4) is 0 Å². The minimum Gasteiger partial charge on any atom is -0.338 e. The first kappa shape index (κ1) is 17.5. The molecule has 2 aromatic rings. The van der Waals surface area contributed by atoms with Crippen LogP contribution in [0.3, 0.4) is 0 Å². The number of carbonyl (C=O) groups is 1. The molecule has 3 rings (SSSR count). The second-order valence-electron chi connectivity index (χ2n) is 7.31. The highest BCUT2D eigenvalue weighted by Gasteiger charge is 2.26. The number of hydrogen-bond acceptors (Lipinski definition) is 3. The van der Waals surface area contributed by atoms with Gasteiger partial charge in [0.1, 0.15) is 5.56 Å². The zero-order valence-corrected chi connectivity index (χ0v) is 15.1. The van der Waals surface area contributed by atoms with Crippen molar-refractivity contribution in [1.29, 1.82) is 0 Å². The molecule has 3 heterocycles. The molecule has 1 saturated heterocycles. The van der Waals surface area contributed by atoms with Gasteiger partial charge in [0.2, 0.25) is 0 Å². The fourth-order valence-electron chi connectivity index (χ4n) is 3.45. The van der Waals surface area contributed by atoms with Crippen molar-refractivity contribution in [2.24, 2.45) is 5.92 Å². The summed E-state index contributed by atoms with van der Waals surface area (Å²) < 4.78 is 0. The maximum atomic E-state index is 12.8. The Hall–Kier alpha value is -2.37. The number of piperidine rings is 1. The van der Waals surface area contributed by atoms with Crippen LogP contribution in [0.4, 0.5) is 0 Å². The summed E-state index contributed by atoms with van der Waals surface area (Å²) in [6, 6.07) is 3.51. The van der Waals surface area contributed by atoms with Gasteiger partial charge in [0.05, 0.1) is 6.20 Å². The molecule has 6 nitrogen and oxygen atoms in total. The molecule has 6 heteroatoms. The van der Waals surface area contributed by atoms with Crippen molar-refractivity contribution >= 4 is 5.91 Å². The minimum absolute atomic E-state index is 0.164. The molecular weight excluding hydrogens is 316 g/mol. The van der Waals surface area contributed by atoms with Gasteiger partial charge in [0, 0.05) is 24.5 Å². The number of nitrogens with zero attached hydrogens (tertiary/aromatic N) is 2. The number of likely N-dealkylation sites (tertiary alicyclic amines) is 1. The first-order valence-electron chi connectivity index (χ1n) is 8.97. The third-order valence-corrected chi connectivity index (χ3v) is 5.02. The zero-order chi connectivity index (χ0) is 18.0. The average molecular weight is 342 g/mol. The Morgan fingerprint density at radius 1 is 1.40 bits per heavy atom. The molecule has 1 fully saturated rings. The Labute approximate surface area is 147 Å². The van der Waals surface area contributed by atoms with Crippen LogP contribution in [0.2, 0.25) is 0 Å². The summed E-state index contributed by atoms with van der Waals surface area (Å²) >= 11 is 0. The molecule has 0 aliphatic carbocycles. The van der Waals surface area contributed by atoms with Crippen LogP contribution in [0.5, 0.6) is 0 Å². The molecule has 2 aromatic heterocycles. The minimum atomic E-state index is -0.289. The van der Waals surface area contributed by atoms with Crippen LogP contribution in [0.1, 0.15) is 59.9 Å². The van der Waals surface area contributed by atoms with E-state index in [-0.39, 0.29) is 22.9 Å². The van der Waals surface area contributed by atoms with Crippen LogP contribution in [0.15, 0.2) is 23.1 Å². The molecule has 2 N–H and O–H groups in total. The Kier molecular flexibility index (Phi) is 5.06. The summed E-state index contributed by atoms with van der Waals surface area (Å²) in [4.78, 5) is 29.8. The van der Waals surface area contributed by atoms with Gasteiger partial charge in [0.25, 0.3) is 11.5 Å². The lowest BCUT2D eigenvalue weighted by Gasteiger charge is -2.32. The number of aromatic nitrogens is 3. The molecule has 0 saturated carbocycles. The second kappa shape index (κ2) is 7.25. The number of hydrogen-bond donors (Lipinski definition) is 2. The van der Waals surface area contributed by atoms with Gasteiger partial charge >= 0.3 is 0 Å². The maximum absolute atomic E-state index is 12.8. The maximum Gasteiger partial charge on any atom is 0.261 e. The lowest BCUT2D eigenvalue weighted by Crippen LogP contribution is -2.42. The molecule has 1 aliphatic heterocycles. The molecule has 1 atom stereocenters. The van der Waals surface area contributed by atoms with Crippen LogP contribution < -0.4 is 5.56 Å². The van der Waals surface area contributed by atoms with Crippen molar-refractivity contribution in [2.45, 2.75) is 46.0 Å². The molecule has 134 valence electrons. The first-order chi connectivity index (χ1) is 12.0. The Morgan fingerprint density at radius 2 is 2.20 bits per heavy atom. The van der Waals surface area contributed by atoms with E-state index in [1.165, 1.54) is 0 Å². The molecule has 25 heavy (non-hydrogen) atoms. The van der Waals surface area contributed by atoms with Gasteiger partial charge in [-0.1, -0.05) is 13.8 Å². The number of nitrogens with one attached hydrogen (secondary N) is 2. The number of aryl methyl sites for hydroxylation is 1. The quantitative estimate of drug-likeness (QED) is 0.896. The van der Waals surface area contributed by atoms with E-state index in [4.69, 9.17) is 0 Å². The summed E-state index contributed by atoms with van der Waals surface area (Å²) in [6.45, 7) is 7.46. The SMILES string of the molecule is Cc1cn[nH]c1CC1CCCN(C(=O)c2ccc(C(C)C)[nH]c2=O)C1. The van der Waals surface area contributed by atoms with Crippen molar-refractivity contribution < 1.29 is 4.79 Å². The van der Waals surface area contributed by atoms with Crippen LogP contribution in [0.25, 0.3) is 0 Å². The molecule has 1 aliphatic rings. The summed E-state index contributed by atoms with van der Waals surface area (Å²) in [5.74, 6) is 0.460. The third-order valence-electron chi connectivity index (χ3n) is 5.02. The van der Waals surface area contributed by atoms with E-state index in [1.807, 2.05) is 37.9 Å². The van der Waals surface area contributed by atoms with Gasteiger partial charge in [0.15, 0.2) is 0 Å². The zero-order valence-electron chi connectivity index (χ0n) is 15.1. The number of pyridine rings is 1. The van der Waals surface area contributed by atoms with E-state index in [2.05, 4.69) is 15.2 Å². The van der Waals surface area contributed by atoms with E-state index >= 15 is 0 Å². The number of H-pyrrole nitrogens is 2. The van der Waals surface area contributed by atoms with E-state index in [9.17, 15) is 9.59 Å². The van der Waals surface area contributed by atoms with Gasteiger partial charge in [-0.15, -0.1) is 0 Å². The van der Waals surface area contributed by atoms with Gasteiger partial charge < -0.3 is 9.88 Å². The molecule has 0 bridgehead atoms. The van der Waals surface area contributed by atoms with Crippen LogP contribution in [-0.4, -0.2) is 39.1 Å². The van der Waals surface area contributed by atoms with E-state index in [0.29, 0.717) is 19.0 Å².